The second kappa shape index (κ2) is 6.26. The van der Waals surface area contributed by atoms with Crippen molar-refractivity contribution in [2.75, 3.05) is 26.2 Å². The lowest BCUT2D eigenvalue weighted by Gasteiger charge is -2.28. The summed E-state index contributed by atoms with van der Waals surface area (Å²) < 4.78 is 38.2. The Labute approximate surface area is 115 Å². The first-order valence-electron chi connectivity index (χ1n) is 6.60. The summed E-state index contributed by atoms with van der Waals surface area (Å²) in [6.07, 6.45) is 3.88. The molecule has 110 valence electrons. The number of ketones is 1. The monoisotopic (exact) mass is 286 g/mol. The van der Waals surface area contributed by atoms with Crippen LogP contribution in [0.25, 0.3) is 0 Å². The highest BCUT2D eigenvalue weighted by molar-refractivity contribution is 6.00. The van der Waals surface area contributed by atoms with E-state index in [-0.39, 0.29) is 5.57 Å². The lowest BCUT2D eigenvalue weighted by molar-refractivity contribution is -0.167. The summed E-state index contributed by atoms with van der Waals surface area (Å²) in [6.45, 7) is 2.65. The molecule has 2 rings (SSSR count). The van der Waals surface area contributed by atoms with Crippen LogP contribution in [0, 0.1) is 5.92 Å². The minimum atomic E-state index is -4.82. The van der Waals surface area contributed by atoms with Gasteiger partial charge in [0.05, 0.1) is 0 Å². The summed E-state index contributed by atoms with van der Waals surface area (Å²) in [5.41, 5.74) is -0.167. The Morgan fingerprint density at radius 2 is 1.95 bits per heavy atom. The van der Waals surface area contributed by atoms with Crippen LogP contribution in [-0.4, -0.2) is 43.0 Å². The van der Waals surface area contributed by atoms with Gasteiger partial charge in [0.2, 0.25) is 0 Å². The number of halogens is 3. The Morgan fingerprint density at radius 1 is 1.25 bits per heavy atom. The molecule has 2 aliphatic rings. The molecule has 1 saturated heterocycles. The zero-order valence-corrected chi connectivity index (χ0v) is 11.0. The van der Waals surface area contributed by atoms with Crippen LogP contribution in [0.2, 0.25) is 0 Å². The molecule has 20 heavy (non-hydrogen) atoms. The first-order chi connectivity index (χ1) is 9.48. The number of rotatable bonds is 3. The molecule has 3 nitrogen and oxygen atoms in total. The van der Waals surface area contributed by atoms with Crippen molar-refractivity contribution in [2.45, 2.75) is 12.6 Å². The molecule has 0 spiro atoms. The molecule has 0 radical (unpaired) electrons. The number of piperazine rings is 1. The van der Waals surface area contributed by atoms with Crippen molar-refractivity contribution in [3.63, 3.8) is 0 Å². The van der Waals surface area contributed by atoms with Crippen molar-refractivity contribution >= 4 is 5.78 Å². The van der Waals surface area contributed by atoms with Crippen LogP contribution in [0.3, 0.4) is 0 Å². The normalized spacial score (nSPS) is 24.1. The van der Waals surface area contributed by atoms with Crippen LogP contribution < -0.4 is 5.32 Å². The third-order valence-corrected chi connectivity index (χ3v) is 3.37. The molecule has 1 N–H and O–H groups in total. The summed E-state index contributed by atoms with van der Waals surface area (Å²) in [7, 11) is 0. The molecule has 1 unspecified atom stereocenters. The van der Waals surface area contributed by atoms with Crippen molar-refractivity contribution in [3.05, 3.63) is 36.1 Å². The summed E-state index contributed by atoms with van der Waals surface area (Å²) >= 11 is 0. The van der Waals surface area contributed by atoms with Gasteiger partial charge in [0.1, 0.15) is 0 Å². The van der Waals surface area contributed by atoms with Gasteiger partial charge in [-0.25, -0.2) is 0 Å². The SMILES string of the molecule is O=C(/C(=C/N1CCNCC1)C1C=CC=CC1)C(F)(F)F. The zero-order chi connectivity index (χ0) is 14.6. The molecule has 0 aromatic carbocycles. The van der Waals surface area contributed by atoms with E-state index in [9.17, 15) is 18.0 Å². The van der Waals surface area contributed by atoms with Crippen LogP contribution in [-0.2, 0) is 4.79 Å². The van der Waals surface area contributed by atoms with Gasteiger partial charge in [-0.1, -0.05) is 24.3 Å². The molecular weight excluding hydrogens is 269 g/mol. The fourth-order valence-corrected chi connectivity index (χ4v) is 2.31. The number of carbonyl (C=O) groups excluding carboxylic acids is 1. The molecule has 0 amide bonds. The topological polar surface area (TPSA) is 32.3 Å². The largest absolute Gasteiger partial charge is 0.454 e. The molecule has 1 aliphatic carbocycles. The maximum atomic E-state index is 12.7. The van der Waals surface area contributed by atoms with Gasteiger partial charge in [-0.05, 0) is 6.42 Å². The predicted molar refractivity (Wildman–Crippen MR) is 70.0 cm³/mol. The summed E-state index contributed by atoms with van der Waals surface area (Å²) in [6, 6.07) is 0. The minimum Gasteiger partial charge on any atom is -0.374 e. The summed E-state index contributed by atoms with van der Waals surface area (Å²) in [4.78, 5) is 13.4. The van der Waals surface area contributed by atoms with Crippen molar-refractivity contribution < 1.29 is 18.0 Å². The first-order valence-corrected chi connectivity index (χ1v) is 6.60. The highest BCUT2D eigenvalue weighted by Crippen LogP contribution is 2.29. The summed E-state index contributed by atoms with van der Waals surface area (Å²) in [5.74, 6) is -2.23. The molecular formula is C14H17F3N2O. The van der Waals surface area contributed by atoms with Gasteiger partial charge in [-0.3, -0.25) is 4.79 Å². The number of allylic oxidation sites excluding steroid dienone is 5. The molecule has 0 bridgehead atoms. The average Bonchev–Trinajstić information content (AvgIpc) is 2.45. The Morgan fingerprint density at radius 3 is 2.50 bits per heavy atom. The molecule has 0 saturated carbocycles. The number of hydrogen-bond donors (Lipinski definition) is 1. The van der Waals surface area contributed by atoms with Crippen molar-refractivity contribution in [1.29, 1.82) is 0 Å². The van der Waals surface area contributed by atoms with Gasteiger partial charge in [-0.2, -0.15) is 13.2 Å². The summed E-state index contributed by atoms with van der Waals surface area (Å²) in [5, 5.41) is 3.12. The lowest BCUT2D eigenvalue weighted by Crippen LogP contribution is -2.41. The number of hydrogen-bond acceptors (Lipinski definition) is 3. The fraction of sp³-hybridized carbons (Fsp3) is 0.500. The van der Waals surface area contributed by atoms with Crippen LogP contribution in [0.5, 0.6) is 0 Å². The van der Waals surface area contributed by atoms with Gasteiger partial charge in [0.15, 0.2) is 0 Å². The average molecular weight is 286 g/mol. The fourth-order valence-electron chi connectivity index (χ4n) is 2.31. The van der Waals surface area contributed by atoms with Gasteiger partial charge in [0.25, 0.3) is 5.78 Å². The Hall–Kier alpha value is -1.56. The standard InChI is InChI=1S/C14H17F3N2O/c15-14(16,17)13(20)12(11-4-2-1-3-5-11)10-19-8-6-18-7-9-19/h1-4,10-11,18H,5-9H2/b12-10+. The molecule has 1 heterocycles. The third-order valence-electron chi connectivity index (χ3n) is 3.37. The van der Waals surface area contributed by atoms with E-state index in [1.54, 1.807) is 29.2 Å². The maximum absolute atomic E-state index is 12.7. The number of alkyl halides is 3. The molecule has 0 aromatic rings. The van der Waals surface area contributed by atoms with Gasteiger partial charge >= 0.3 is 6.18 Å². The number of Topliss-reactive ketones (excluding diaryl/α,β-unsaturated/α-hetero) is 1. The Kier molecular flexibility index (Phi) is 4.65. The highest BCUT2D eigenvalue weighted by atomic mass is 19.4. The van der Waals surface area contributed by atoms with Crippen LogP contribution in [0.15, 0.2) is 36.1 Å². The zero-order valence-electron chi connectivity index (χ0n) is 11.0. The van der Waals surface area contributed by atoms with Gasteiger partial charge in [-0.15, -0.1) is 0 Å². The van der Waals surface area contributed by atoms with E-state index < -0.39 is 17.9 Å². The maximum Gasteiger partial charge on any atom is 0.454 e. The Bertz CT molecular complexity index is 446. The quantitative estimate of drug-likeness (QED) is 0.806. The number of nitrogens with zero attached hydrogens (tertiary/aromatic N) is 1. The van der Waals surface area contributed by atoms with E-state index in [1.165, 1.54) is 6.20 Å². The van der Waals surface area contributed by atoms with E-state index in [4.69, 9.17) is 0 Å². The van der Waals surface area contributed by atoms with Crippen LogP contribution in [0.4, 0.5) is 13.2 Å². The van der Waals surface area contributed by atoms with Crippen LogP contribution >= 0.6 is 0 Å². The van der Waals surface area contributed by atoms with E-state index in [1.807, 2.05) is 0 Å². The van der Waals surface area contributed by atoms with Crippen LogP contribution in [0.1, 0.15) is 6.42 Å². The minimum absolute atomic E-state index is 0.167. The predicted octanol–water partition coefficient (Wildman–Crippen LogP) is 2.04. The van der Waals surface area contributed by atoms with Gasteiger partial charge < -0.3 is 10.2 Å². The molecule has 0 aromatic heterocycles. The second-order valence-corrected chi connectivity index (χ2v) is 4.85. The van der Waals surface area contributed by atoms with E-state index >= 15 is 0 Å². The van der Waals surface area contributed by atoms with Crippen molar-refractivity contribution in [2.24, 2.45) is 5.92 Å². The van der Waals surface area contributed by atoms with E-state index in [0.29, 0.717) is 32.6 Å². The van der Waals surface area contributed by atoms with E-state index in [0.717, 1.165) is 0 Å². The number of carbonyl (C=O) groups is 1. The van der Waals surface area contributed by atoms with Gasteiger partial charge in [0, 0.05) is 43.9 Å². The second-order valence-electron chi connectivity index (χ2n) is 4.85. The molecule has 1 aliphatic heterocycles. The van der Waals surface area contributed by atoms with Crippen molar-refractivity contribution in [1.82, 2.24) is 10.2 Å². The molecule has 6 heteroatoms. The smallest absolute Gasteiger partial charge is 0.374 e. The molecule has 1 atom stereocenters. The molecule has 1 fully saturated rings. The first kappa shape index (κ1) is 14.8. The van der Waals surface area contributed by atoms with Crippen molar-refractivity contribution in [3.8, 4) is 0 Å². The Balaban J connectivity index is 2.23. The third kappa shape index (κ3) is 3.72. The highest BCUT2D eigenvalue weighted by Gasteiger charge is 2.42. The number of nitrogens with one attached hydrogen (secondary N) is 1. The van der Waals surface area contributed by atoms with E-state index in [2.05, 4.69) is 5.32 Å². The lowest BCUT2D eigenvalue weighted by atomic mass is 9.89.